The van der Waals surface area contributed by atoms with Crippen molar-refractivity contribution in [2.24, 2.45) is 0 Å². The van der Waals surface area contributed by atoms with Crippen LogP contribution in [0.25, 0.3) is 0 Å². The molecule has 3 heteroatoms. The van der Waals surface area contributed by atoms with Gasteiger partial charge in [0.15, 0.2) is 0 Å². The fourth-order valence-electron chi connectivity index (χ4n) is 0.729. The molecule has 0 saturated heterocycles. The summed E-state index contributed by atoms with van der Waals surface area (Å²) in [4.78, 5) is 0. The van der Waals surface area contributed by atoms with Crippen molar-refractivity contribution in [2.75, 3.05) is 12.3 Å². The minimum absolute atomic E-state index is 0. The first-order valence-electron chi connectivity index (χ1n) is 3.25. The fraction of sp³-hybridized carbons (Fsp3) is 0.111. The van der Waals surface area contributed by atoms with Gasteiger partial charge >= 0.3 is 0 Å². The van der Waals surface area contributed by atoms with Gasteiger partial charge in [0.25, 0.3) is 0 Å². The van der Waals surface area contributed by atoms with E-state index in [1.54, 1.807) is 12.1 Å². The van der Waals surface area contributed by atoms with Gasteiger partial charge in [-0.2, -0.15) is 0 Å². The molecule has 1 aromatic rings. The maximum atomic E-state index is 5.50. The van der Waals surface area contributed by atoms with Crippen LogP contribution in [0.15, 0.2) is 24.3 Å². The van der Waals surface area contributed by atoms with E-state index < -0.39 is 0 Å². The quantitative estimate of drug-likeness (QED) is 0.560. The Bertz CT molecular complexity index is 280. The van der Waals surface area contributed by atoms with Crippen molar-refractivity contribution in [2.45, 2.75) is 0 Å². The Morgan fingerprint density at radius 1 is 1.50 bits per heavy atom. The van der Waals surface area contributed by atoms with Gasteiger partial charge in [-0.1, -0.05) is 12.0 Å². The van der Waals surface area contributed by atoms with Crippen molar-refractivity contribution in [3.63, 3.8) is 0 Å². The van der Waals surface area contributed by atoms with Gasteiger partial charge in [0.2, 0.25) is 0 Å². The van der Waals surface area contributed by atoms with E-state index >= 15 is 0 Å². The van der Waals surface area contributed by atoms with E-state index in [9.17, 15) is 0 Å². The number of terminal acetylenes is 1. The van der Waals surface area contributed by atoms with Crippen LogP contribution in [-0.4, -0.2) is 6.61 Å². The van der Waals surface area contributed by atoms with Gasteiger partial charge in [-0.3, -0.25) is 0 Å². The second-order valence-electron chi connectivity index (χ2n) is 2.07. The van der Waals surface area contributed by atoms with Crippen LogP contribution in [0, 0.1) is 12.3 Å². The van der Waals surface area contributed by atoms with E-state index in [1.807, 2.05) is 12.1 Å². The summed E-state index contributed by atoms with van der Waals surface area (Å²) in [5.41, 5.74) is 6.18. The van der Waals surface area contributed by atoms with E-state index in [4.69, 9.17) is 16.9 Å². The highest BCUT2D eigenvalue weighted by atomic mass is 35.5. The Balaban J connectivity index is 0.00000121. The lowest BCUT2D eigenvalue weighted by Gasteiger charge is -2.01. The van der Waals surface area contributed by atoms with Gasteiger partial charge in [0.1, 0.15) is 12.4 Å². The molecule has 0 saturated carbocycles. The standard InChI is InChI=1S/C9H9NO.ClH/c1-2-6-11-9-5-3-4-8(10)7-9;/h1,3-5,7H,6,10H2;1H. The highest BCUT2D eigenvalue weighted by Gasteiger charge is 1.90. The molecule has 0 aliphatic heterocycles. The zero-order chi connectivity index (χ0) is 8.10. The van der Waals surface area contributed by atoms with Gasteiger partial charge in [-0.05, 0) is 12.1 Å². The van der Waals surface area contributed by atoms with Gasteiger partial charge in [0.05, 0.1) is 0 Å². The van der Waals surface area contributed by atoms with Gasteiger partial charge < -0.3 is 10.5 Å². The molecule has 0 atom stereocenters. The summed E-state index contributed by atoms with van der Waals surface area (Å²) in [6, 6.07) is 7.16. The number of hydrogen-bond donors (Lipinski definition) is 1. The Morgan fingerprint density at radius 3 is 2.83 bits per heavy atom. The monoisotopic (exact) mass is 183 g/mol. The van der Waals surface area contributed by atoms with Gasteiger partial charge in [-0.15, -0.1) is 18.8 Å². The molecule has 0 spiro atoms. The van der Waals surface area contributed by atoms with E-state index in [0.29, 0.717) is 11.4 Å². The van der Waals surface area contributed by atoms with E-state index in [-0.39, 0.29) is 19.0 Å². The second kappa shape index (κ2) is 5.34. The number of benzene rings is 1. The average Bonchev–Trinajstić information content (AvgIpc) is 2.01. The molecule has 0 heterocycles. The smallest absolute Gasteiger partial charge is 0.148 e. The van der Waals surface area contributed by atoms with E-state index in [2.05, 4.69) is 5.92 Å². The zero-order valence-corrected chi connectivity index (χ0v) is 7.30. The van der Waals surface area contributed by atoms with Crippen molar-refractivity contribution < 1.29 is 4.74 Å². The first kappa shape index (κ1) is 10.7. The molecule has 0 aliphatic rings. The highest BCUT2D eigenvalue weighted by molar-refractivity contribution is 5.85. The predicted molar refractivity (Wildman–Crippen MR) is 52.4 cm³/mol. The molecule has 12 heavy (non-hydrogen) atoms. The summed E-state index contributed by atoms with van der Waals surface area (Å²) >= 11 is 0. The third-order valence-corrected chi connectivity index (χ3v) is 1.18. The van der Waals surface area contributed by atoms with Crippen molar-refractivity contribution in [3.8, 4) is 18.1 Å². The molecule has 0 amide bonds. The topological polar surface area (TPSA) is 35.2 Å². The molecule has 0 bridgehead atoms. The maximum absolute atomic E-state index is 5.50. The number of ether oxygens (including phenoxy) is 1. The lowest BCUT2D eigenvalue weighted by atomic mass is 10.3. The van der Waals surface area contributed by atoms with Crippen LogP contribution >= 0.6 is 12.4 Å². The fourth-order valence-corrected chi connectivity index (χ4v) is 0.729. The molecular formula is C9H10ClNO. The van der Waals surface area contributed by atoms with Crippen molar-refractivity contribution in [1.82, 2.24) is 0 Å². The van der Waals surface area contributed by atoms with Crippen molar-refractivity contribution in [1.29, 1.82) is 0 Å². The Hall–Kier alpha value is -1.33. The van der Waals surface area contributed by atoms with Gasteiger partial charge in [-0.25, -0.2) is 0 Å². The van der Waals surface area contributed by atoms with Crippen LogP contribution in [0.1, 0.15) is 0 Å². The minimum Gasteiger partial charge on any atom is -0.481 e. The minimum atomic E-state index is 0. The molecule has 2 N–H and O–H groups in total. The largest absolute Gasteiger partial charge is 0.481 e. The third-order valence-electron chi connectivity index (χ3n) is 1.18. The molecule has 1 rings (SSSR count). The van der Waals surface area contributed by atoms with Crippen LogP contribution in [-0.2, 0) is 0 Å². The Labute approximate surface area is 78.1 Å². The third kappa shape index (κ3) is 3.18. The molecule has 64 valence electrons. The number of halogens is 1. The van der Waals surface area contributed by atoms with Gasteiger partial charge in [0, 0.05) is 11.8 Å². The summed E-state index contributed by atoms with van der Waals surface area (Å²) in [6.07, 6.45) is 5.01. The van der Waals surface area contributed by atoms with Crippen molar-refractivity contribution in [3.05, 3.63) is 24.3 Å². The lowest BCUT2D eigenvalue weighted by molar-refractivity contribution is 0.370. The molecule has 0 aliphatic carbocycles. The Morgan fingerprint density at radius 2 is 2.25 bits per heavy atom. The zero-order valence-electron chi connectivity index (χ0n) is 6.49. The maximum Gasteiger partial charge on any atom is 0.148 e. The molecule has 0 radical (unpaired) electrons. The second-order valence-corrected chi connectivity index (χ2v) is 2.07. The molecule has 1 aromatic carbocycles. The molecule has 0 unspecified atom stereocenters. The summed E-state index contributed by atoms with van der Waals surface area (Å²) in [7, 11) is 0. The molecular weight excluding hydrogens is 174 g/mol. The number of anilines is 1. The number of nitrogen functional groups attached to an aromatic ring is 1. The normalized spacial score (nSPS) is 7.92. The van der Waals surface area contributed by atoms with E-state index in [0.717, 1.165) is 0 Å². The summed E-state index contributed by atoms with van der Waals surface area (Å²) in [5, 5.41) is 0. The number of rotatable bonds is 2. The average molecular weight is 184 g/mol. The Kier molecular flexibility index (Phi) is 4.75. The number of nitrogens with two attached hydrogens (primary N) is 1. The molecule has 0 aromatic heterocycles. The lowest BCUT2D eigenvalue weighted by Crippen LogP contribution is -1.93. The molecule has 2 nitrogen and oxygen atoms in total. The summed E-state index contributed by atoms with van der Waals surface area (Å²) in [6.45, 7) is 0.281. The highest BCUT2D eigenvalue weighted by Crippen LogP contribution is 2.13. The first-order valence-corrected chi connectivity index (χ1v) is 3.25. The summed E-state index contributed by atoms with van der Waals surface area (Å²) in [5.74, 6) is 3.08. The predicted octanol–water partition coefficient (Wildman–Crippen LogP) is 1.70. The molecule has 0 fully saturated rings. The van der Waals surface area contributed by atoms with Crippen LogP contribution in [0.3, 0.4) is 0 Å². The summed E-state index contributed by atoms with van der Waals surface area (Å²) < 4.78 is 5.12. The van der Waals surface area contributed by atoms with Crippen LogP contribution < -0.4 is 10.5 Å². The van der Waals surface area contributed by atoms with Crippen molar-refractivity contribution >= 4 is 18.1 Å². The SMILES string of the molecule is C#CCOc1cccc(N)c1.Cl. The van der Waals surface area contributed by atoms with Crippen LogP contribution in [0.4, 0.5) is 5.69 Å². The van der Waals surface area contributed by atoms with E-state index in [1.165, 1.54) is 0 Å². The van der Waals surface area contributed by atoms with Crippen LogP contribution in [0.5, 0.6) is 5.75 Å². The first-order chi connectivity index (χ1) is 5.33. The van der Waals surface area contributed by atoms with Crippen LogP contribution in [0.2, 0.25) is 0 Å². The number of hydrogen-bond acceptors (Lipinski definition) is 2.